The van der Waals surface area contributed by atoms with E-state index >= 15 is 0 Å². The van der Waals surface area contributed by atoms with Crippen LogP contribution in [-0.4, -0.2) is 18.6 Å². The van der Waals surface area contributed by atoms with Crippen molar-refractivity contribution in [1.29, 1.82) is 0 Å². The first-order chi connectivity index (χ1) is 8.24. The molecule has 1 aromatic carbocycles. The molecule has 1 N–H and O–H groups in total. The van der Waals surface area contributed by atoms with E-state index < -0.39 is 0 Å². The lowest BCUT2D eigenvalue weighted by Gasteiger charge is -2.37. The molecule has 1 saturated heterocycles. The molecule has 90 valence electrons. The second kappa shape index (κ2) is 4.42. The van der Waals surface area contributed by atoms with Crippen molar-refractivity contribution < 1.29 is 9.53 Å². The lowest BCUT2D eigenvalue weighted by Crippen LogP contribution is -2.46. The molecule has 1 amide bonds. The Morgan fingerprint density at radius 3 is 2.82 bits per heavy atom. The van der Waals surface area contributed by atoms with Crippen molar-refractivity contribution in [3.63, 3.8) is 0 Å². The molecular formula is C13H14BrNO2. The Morgan fingerprint density at radius 1 is 1.35 bits per heavy atom. The highest BCUT2D eigenvalue weighted by atomic mass is 79.9. The summed E-state index contributed by atoms with van der Waals surface area (Å²) in [6.07, 6.45) is 2.27. The van der Waals surface area contributed by atoms with E-state index in [-0.39, 0.29) is 17.9 Å². The monoisotopic (exact) mass is 295 g/mol. The lowest BCUT2D eigenvalue weighted by molar-refractivity contribution is -0.132. The van der Waals surface area contributed by atoms with E-state index in [1.165, 1.54) is 0 Å². The molecule has 0 spiro atoms. The van der Waals surface area contributed by atoms with E-state index in [1.807, 2.05) is 24.3 Å². The van der Waals surface area contributed by atoms with Gasteiger partial charge in [0.25, 0.3) is 0 Å². The van der Waals surface area contributed by atoms with Crippen LogP contribution < -0.4 is 5.32 Å². The molecule has 3 atom stereocenters. The zero-order valence-electron chi connectivity index (χ0n) is 9.36. The summed E-state index contributed by atoms with van der Waals surface area (Å²) >= 11 is 3.37. The number of carbonyl (C=O) groups excluding carboxylic acids is 1. The molecular weight excluding hydrogens is 282 g/mol. The molecule has 0 radical (unpaired) electrons. The minimum atomic E-state index is 0.0474. The molecule has 2 fully saturated rings. The maximum atomic E-state index is 12.0. The highest BCUT2D eigenvalue weighted by Crippen LogP contribution is 2.43. The predicted octanol–water partition coefficient (Wildman–Crippen LogP) is 2.81. The lowest BCUT2D eigenvalue weighted by atomic mass is 9.71. The van der Waals surface area contributed by atoms with E-state index in [0.717, 1.165) is 29.6 Å². The van der Waals surface area contributed by atoms with Crippen LogP contribution in [0.3, 0.4) is 0 Å². The fraction of sp³-hybridized carbons (Fsp3) is 0.462. The van der Waals surface area contributed by atoms with E-state index in [4.69, 9.17) is 4.74 Å². The van der Waals surface area contributed by atoms with E-state index in [1.54, 1.807) is 0 Å². The number of rotatable bonds is 2. The number of nitrogens with one attached hydrogen (secondary N) is 1. The fourth-order valence-corrected chi connectivity index (χ4v) is 2.91. The van der Waals surface area contributed by atoms with Crippen molar-refractivity contribution in [2.45, 2.75) is 18.9 Å². The van der Waals surface area contributed by atoms with Gasteiger partial charge in [0.1, 0.15) is 0 Å². The van der Waals surface area contributed by atoms with Gasteiger partial charge in [-0.05, 0) is 43.0 Å². The average molecular weight is 296 g/mol. The number of amides is 1. The SMILES string of the molecule is O=C(Nc1ccc(Br)cc1)[C@@H]1C[C@H]2CCO[C@H]21. The Morgan fingerprint density at radius 2 is 2.12 bits per heavy atom. The largest absolute Gasteiger partial charge is 0.377 e. The van der Waals surface area contributed by atoms with Gasteiger partial charge in [-0.25, -0.2) is 0 Å². The molecule has 0 bridgehead atoms. The van der Waals surface area contributed by atoms with Gasteiger partial charge in [0.05, 0.1) is 12.0 Å². The Hall–Kier alpha value is -0.870. The third-order valence-electron chi connectivity index (χ3n) is 3.67. The zero-order valence-corrected chi connectivity index (χ0v) is 10.9. The first-order valence-corrected chi connectivity index (χ1v) is 6.71. The van der Waals surface area contributed by atoms with Gasteiger partial charge in [0, 0.05) is 16.8 Å². The van der Waals surface area contributed by atoms with Crippen LogP contribution in [0.15, 0.2) is 28.7 Å². The molecule has 1 aromatic rings. The summed E-state index contributed by atoms with van der Waals surface area (Å²) in [5, 5.41) is 2.94. The number of carbonyl (C=O) groups is 1. The summed E-state index contributed by atoms with van der Waals surface area (Å²) in [5.41, 5.74) is 0.847. The van der Waals surface area contributed by atoms with Gasteiger partial charge in [-0.1, -0.05) is 15.9 Å². The van der Waals surface area contributed by atoms with Gasteiger partial charge >= 0.3 is 0 Å². The summed E-state index contributed by atoms with van der Waals surface area (Å²) in [7, 11) is 0. The van der Waals surface area contributed by atoms with Crippen molar-refractivity contribution in [2.24, 2.45) is 11.8 Å². The third kappa shape index (κ3) is 2.11. The van der Waals surface area contributed by atoms with Crippen molar-refractivity contribution in [3.8, 4) is 0 Å². The fourth-order valence-electron chi connectivity index (χ4n) is 2.64. The number of hydrogen-bond donors (Lipinski definition) is 1. The minimum Gasteiger partial charge on any atom is -0.377 e. The molecule has 1 heterocycles. The molecule has 0 aromatic heterocycles. The molecule has 3 rings (SSSR count). The molecule has 17 heavy (non-hydrogen) atoms. The molecule has 1 saturated carbocycles. The van der Waals surface area contributed by atoms with Gasteiger partial charge in [-0.3, -0.25) is 4.79 Å². The van der Waals surface area contributed by atoms with Gasteiger partial charge in [-0.15, -0.1) is 0 Å². The first-order valence-electron chi connectivity index (χ1n) is 5.92. The van der Waals surface area contributed by atoms with Crippen LogP contribution in [0, 0.1) is 11.8 Å². The second-order valence-corrected chi connectivity index (χ2v) is 5.64. The Bertz CT molecular complexity index is 432. The zero-order chi connectivity index (χ0) is 11.8. The number of anilines is 1. The standard InChI is InChI=1S/C13H14BrNO2/c14-9-1-3-10(4-2-9)15-13(16)11-7-8-5-6-17-12(8)11/h1-4,8,11-12H,5-7H2,(H,15,16)/t8-,11-,12-/m1/s1. The van der Waals surface area contributed by atoms with Crippen LogP contribution in [0.1, 0.15) is 12.8 Å². The van der Waals surface area contributed by atoms with Gasteiger partial charge in [0.15, 0.2) is 0 Å². The Kier molecular flexibility index (Phi) is 2.92. The summed E-state index contributed by atoms with van der Waals surface area (Å²) in [6.45, 7) is 0.817. The molecule has 1 aliphatic carbocycles. The quantitative estimate of drug-likeness (QED) is 0.911. The number of halogens is 1. The predicted molar refractivity (Wildman–Crippen MR) is 68.7 cm³/mol. The first kappa shape index (κ1) is 11.2. The third-order valence-corrected chi connectivity index (χ3v) is 4.19. The van der Waals surface area contributed by atoms with E-state index in [9.17, 15) is 4.79 Å². The Balaban J connectivity index is 1.62. The molecule has 4 heteroatoms. The molecule has 2 aliphatic rings. The summed E-state index contributed by atoms with van der Waals surface area (Å²) in [4.78, 5) is 12.0. The average Bonchev–Trinajstić information content (AvgIpc) is 2.64. The highest BCUT2D eigenvalue weighted by molar-refractivity contribution is 9.10. The summed E-state index contributed by atoms with van der Waals surface area (Å²) in [6, 6.07) is 7.64. The minimum absolute atomic E-state index is 0.0474. The molecule has 0 unspecified atom stereocenters. The maximum Gasteiger partial charge on any atom is 0.230 e. The number of ether oxygens (including phenoxy) is 1. The highest BCUT2D eigenvalue weighted by Gasteiger charge is 2.48. The van der Waals surface area contributed by atoms with Crippen molar-refractivity contribution in [1.82, 2.24) is 0 Å². The van der Waals surface area contributed by atoms with E-state index in [0.29, 0.717) is 5.92 Å². The van der Waals surface area contributed by atoms with Crippen LogP contribution >= 0.6 is 15.9 Å². The van der Waals surface area contributed by atoms with Crippen molar-refractivity contribution in [2.75, 3.05) is 11.9 Å². The van der Waals surface area contributed by atoms with Gasteiger partial charge in [-0.2, -0.15) is 0 Å². The van der Waals surface area contributed by atoms with Crippen molar-refractivity contribution in [3.05, 3.63) is 28.7 Å². The normalized spacial score (nSPS) is 30.5. The van der Waals surface area contributed by atoms with Crippen LogP contribution in [0.2, 0.25) is 0 Å². The van der Waals surface area contributed by atoms with Crippen LogP contribution in [0.5, 0.6) is 0 Å². The maximum absolute atomic E-state index is 12.0. The number of benzene rings is 1. The van der Waals surface area contributed by atoms with Gasteiger partial charge in [0.2, 0.25) is 5.91 Å². The number of hydrogen-bond acceptors (Lipinski definition) is 2. The topological polar surface area (TPSA) is 38.3 Å². The van der Waals surface area contributed by atoms with Crippen LogP contribution in [-0.2, 0) is 9.53 Å². The second-order valence-electron chi connectivity index (χ2n) is 4.72. The van der Waals surface area contributed by atoms with Gasteiger partial charge < -0.3 is 10.1 Å². The van der Waals surface area contributed by atoms with E-state index in [2.05, 4.69) is 21.2 Å². The molecule has 3 nitrogen and oxygen atoms in total. The van der Waals surface area contributed by atoms with Crippen LogP contribution in [0.4, 0.5) is 5.69 Å². The molecule has 1 aliphatic heterocycles. The summed E-state index contributed by atoms with van der Waals surface area (Å²) in [5.74, 6) is 0.761. The smallest absolute Gasteiger partial charge is 0.230 e. The summed E-state index contributed by atoms with van der Waals surface area (Å²) < 4.78 is 6.59. The van der Waals surface area contributed by atoms with Crippen LogP contribution in [0.25, 0.3) is 0 Å². The Labute approximate surface area is 109 Å². The van der Waals surface area contributed by atoms with Crippen molar-refractivity contribution >= 4 is 27.5 Å². The number of fused-ring (bicyclic) bond motifs is 1.